The third kappa shape index (κ3) is 4.48. The molecule has 2 aliphatic rings. The Bertz CT molecular complexity index is 1330. The number of ether oxygens (including phenoxy) is 1. The van der Waals surface area contributed by atoms with Crippen LogP contribution in [0.25, 0.3) is 11.3 Å². The van der Waals surface area contributed by atoms with Gasteiger partial charge in [-0.1, -0.05) is 56.5 Å². The monoisotopic (exact) mass is 596 g/mol. The number of nitrogens with one attached hydrogen (secondary N) is 2. The molecule has 0 radical (unpaired) electrons. The van der Waals surface area contributed by atoms with Crippen molar-refractivity contribution in [1.29, 1.82) is 0 Å². The number of aromatic amines is 1. The van der Waals surface area contributed by atoms with Crippen molar-refractivity contribution >= 4 is 67.5 Å². The zero-order valence-corrected chi connectivity index (χ0v) is 23.2. The van der Waals surface area contributed by atoms with E-state index in [9.17, 15) is 9.59 Å². The van der Waals surface area contributed by atoms with Gasteiger partial charge in [-0.15, -0.1) is 0 Å². The number of hydrogen-bond donors (Lipinski definition) is 2. The zero-order chi connectivity index (χ0) is 25.0. The van der Waals surface area contributed by atoms with E-state index in [0.29, 0.717) is 45.4 Å². The fourth-order valence-corrected chi connectivity index (χ4v) is 6.59. The van der Waals surface area contributed by atoms with Crippen LogP contribution in [-0.4, -0.2) is 47.6 Å². The maximum absolute atomic E-state index is 12.7. The van der Waals surface area contributed by atoms with Crippen molar-refractivity contribution < 1.29 is 14.3 Å². The number of nitrogens with zero attached hydrogens (tertiary/aromatic N) is 2. The standard InChI is InChI=1S/C24H23BrCl2N4O3S/c1-4-34-23(33)21-19(13-6-5-12(25)7-10(13)2)30-24(35-21)31-8-14-15(9-31)18(14)29-22(32)20-17(27)16(26)11(3)28-20/h5-7,14-15,18,28H,4,8-9H2,1-3H3,(H,29,32)/t14-,15?,18?/m1/s1. The summed E-state index contributed by atoms with van der Waals surface area (Å²) < 4.78 is 6.29. The fraction of sp³-hybridized carbons (Fsp3) is 0.375. The van der Waals surface area contributed by atoms with Gasteiger partial charge >= 0.3 is 5.97 Å². The summed E-state index contributed by atoms with van der Waals surface area (Å²) in [5, 5.41) is 4.49. The molecule has 0 spiro atoms. The van der Waals surface area contributed by atoms with Crippen molar-refractivity contribution in [3.63, 3.8) is 0 Å². The Balaban J connectivity index is 1.32. The normalized spacial score (nSPS) is 20.6. The molecule has 11 heteroatoms. The summed E-state index contributed by atoms with van der Waals surface area (Å²) in [7, 11) is 0. The predicted octanol–water partition coefficient (Wildman–Crippen LogP) is 5.87. The Morgan fingerprint density at radius 1 is 1.26 bits per heavy atom. The molecule has 2 fully saturated rings. The van der Waals surface area contributed by atoms with Crippen molar-refractivity contribution in [1.82, 2.24) is 15.3 Å². The van der Waals surface area contributed by atoms with E-state index in [2.05, 4.69) is 31.1 Å². The average molecular weight is 598 g/mol. The number of aromatic nitrogens is 2. The van der Waals surface area contributed by atoms with Gasteiger partial charge in [0.15, 0.2) is 5.13 Å². The maximum atomic E-state index is 12.7. The highest BCUT2D eigenvalue weighted by molar-refractivity contribution is 9.10. The average Bonchev–Trinajstić information content (AvgIpc) is 3.19. The van der Waals surface area contributed by atoms with E-state index in [4.69, 9.17) is 32.9 Å². The molecule has 2 N–H and O–H groups in total. The number of carbonyl (C=O) groups is 2. The van der Waals surface area contributed by atoms with Gasteiger partial charge in [0, 0.05) is 46.7 Å². The molecule has 2 aromatic heterocycles. The first-order valence-corrected chi connectivity index (χ1v) is 13.6. The van der Waals surface area contributed by atoms with Crippen molar-refractivity contribution in [3.05, 3.63) is 54.5 Å². The minimum absolute atomic E-state index is 0.0786. The van der Waals surface area contributed by atoms with Crippen LogP contribution >= 0.6 is 50.5 Å². The smallest absolute Gasteiger partial charge is 0.350 e. The number of esters is 1. The molecule has 1 aliphatic heterocycles. The Hall–Kier alpha value is -2.07. The van der Waals surface area contributed by atoms with Gasteiger partial charge in [0.2, 0.25) is 0 Å². The van der Waals surface area contributed by atoms with Crippen molar-refractivity contribution in [2.75, 3.05) is 24.6 Å². The van der Waals surface area contributed by atoms with E-state index in [-0.39, 0.29) is 22.9 Å². The highest BCUT2D eigenvalue weighted by atomic mass is 79.9. The highest BCUT2D eigenvalue weighted by Crippen LogP contribution is 2.48. The molecule has 1 saturated carbocycles. The first-order chi connectivity index (χ1) is 16.7. The van der Waals surface area contributed by atoms with E-state index in [0.717, 1.165) is 33.8 Å². The number of amides is 1. The summed E-state index contributed by atoms with van der Waals surface area (Å²) in [4.78, 5) is 35.9. The summed E-state index contributed by atoms with van der Waals surface area (Å²) in [5.74, 6) is 0.0248. The first-order valence-electron chi connectivity index (χ1n) is 11.2. The first kappa shape index (κ1) is 24.6. The second-order valence-electron chi connectivity index (χ2n) is 8.84. The summed E-state index contributed by atoms with van der Waals surface area (Å²) >= 11 is 17.1. The number of thiazole rings is 1. The molecule has 1 saturated heterocycles. The molecular formula is C24H23BrCl2N4O3S. The molecule has 7 nitrogen and oxygen atoms in total. The van der Waals surface area contributed by atoms with Gasteiger partial charge in [-0.3, -0.25) is 4.79 Å². The molecule has 5 rings (SSSR count). The molecule has 3 heterocycles. The Labute approximate surface area is 225 Å². The Morgan fingerprint density at radius 2 is 1.97 bits per heavy atom. The van der Waals surface area contributed by atoms with Crippen LogP contribution < -0.4 is 10.2 Å². The number of anilines is 1. The SMILES string of the molecule is CCOC(=O)c1sc(N2CC3C(NC(=O)c4[nH]c(C)c(Cl)c4Cl)[C@@H]3C2)nc1-c1ccc(Br)cc1C. The minimum Gasteiger partial charge on any atom is -0.462 e. The maximum Gasteiger partial charge on any atom is 0.350 e. The topological polar surface area (TPSA) is 87.3 Å². The van der Waals surface area contributed by atoms with E-state index < -0.39 is 0 Å². The summed E-state index contributed by atoms with van der Waals surface area (Å²) in [6.07, 6.45) is 0. The molecule has 1 aliphatic carbocycles. The summed E-state index contributed by atoms with van der Waals surface area (Å²) in [6, 6.07) is 6.00. The number of carbonyl (C=O) groups excluding carboxylic acids is 2. The lowest BCUT2D eigenvalue weighted by Gasteiger charge is -2.19. The third-order valence-electron chi connectivity index (χ3n) is 6.56. The largest absolute Gasteiger partial charge is 0.462 e. The minimum atomic E-state index is -0.361. The number of aryl methyl sites for hydroxylation is 2. The zero-order valence-electron chi connectivity index (χ0n) is 19.2. The van der Waals surface area contributed by atoms with Gasteiger partial charge in [-0.05, 0) is 38.5 Å². The van der Waals surface area contributed by atoms with Gasteiger partial charge in [0.1, 0.15) is 10.6 Å². The van der Waals surface area contributed by atoms with Gasteiger partial charge < -0.3 is 19.9 Å². The number of halogens is 3. The van der Waals surface area contributed by atoms with E-state index >= 15 is 0 Å². The number of fused-ring (bicyclic) bond motifs is 1. The van der Waals surface area contributed by atoms with Crippen molar-refractivity contribution in [2.24, 2.45) is 11.8 Å². The summed E-state index contributed by atoms with van der Waals surface area (Å²) in [6.45, 7) is 7.37. The van der Waals surface area contributed by atoms with Crippen LogP contribution in [0.5, 0.6) is 0 Å². The highest BCUT2D eigenvalue weighted by Gasteiger charge is 2.57. The number of rotatable bonds is 6. The van der Waals surface area contributed by atoms with Crippen LogP contribution in [-0.2, 0) is 4.74 Å². The lowest BCUT2D eigenvalue weighted by Crippen LogP contribution is -2.34. The van der Waals surface area contributed by atoms with Crippen LogP contribution in [0.1, 0.15) is 38.3 Å². The van der Waals surface area contributed by atoms with Crippen LogP contribution in [0.3, 0.4) is 0 Å². The van der Waals surface area contributed by atoms with Gasteiger partial charge in [-0.25, -0.2) is 9.78 Å². The number of piperidine rings is 1. The molecular weight excluding hydrogens is 575 g/mol. The van der Waals surface area contributed by atoms with E-state index in [1.165, 1.54) is 11.3 Å². The number of hydrogen-bond acceptors (Lipinski definition) is 6. The lowest BCUT2D eigenvalue weighted by molar-refractivity contribution is 0.0532. The summed E-state index contributed by atoms with van der Waals surface area (Å²) in [5.41, 5.74) is 3.54. The Kier molecular flexibility index (Phi) is 6.63. The molecule has 3 aromatic rings. The molecule has 3 atom stereocenters. The second kappa shape index (κ2) is 9.42. The lowest BCUT2D eigenvalue weighted by atomic mass is 10.1. The van der Waals surface area contributed by atoms with Crippen LogP contribution in [0.2, 0.25) is 10.0 Å². The molecule has 184 valence electrons. The van der Waals surface area contributed by atoms with Crippen molar-refractivity contribution in [2.45, 2.75) is 26.8 Å². The molecule has 1 aromatic carbocycles. The fourth-order valence-electron chi connectivity index (χ4n) is 4.70. The predicted molar refractivity (Wildman–Crippen MR) is 142 cm³/mol. The quantitative estimate of drug-likeness (QED) is 0.347. The van der Waals surface area contributed by atoms with Crippen LogP contribution in [0.4, 0.5) is 5.13 Å². The van der Waals surface area contributed by atoms with Gasteiger partial charge in [0.25, 0.3) is 5.91 Å². The number of benzene rings is 1. The van der Waals surface area contributed by atoms with Gasteiger partial charge in [0.05, 0.1) is 22.3 Å². The van der Waals surface area contributed by atoms with Gasteiger partial charge in [-0.2, -0.15) is 0 Å². The van der Waals surface area contributed by atoms with Crippen molar-refractivity contribution in [3.8, 4) is 11.3 Å². The molecule has 2 unspecified atom stereocenters. The van der Waals surface area contributed by atoms with E-state index in [1.807, 2.05) is 25.1 Å². The van der Waals surface area contributed by atoms with Crippen LogP contribution in [0.15, 0.2) is 22.7 Å². The van der Waals surface area contributed by atoms with E-state index in [1.54, 1.807) is 13.8 Å². The molecule has 1 amide bonds. The Morgan fingerprint density at radius 3 is 2.57 bits per heavy atom. The second-order valence-corrected chi connectivity index (χ2v) is 11.5. The van der Waals surface area contributed by atoms with Crippen LogP contribution in [0, 0.1) is 25.7 Å². The molecule has 0 bridgehead atoms. The third-order valence-corrected chi connectivity index (χ3v) is 9.10. The molecule has 35 heavy (non-hydrogen) atoms. The number of H-pyrrole nitrogens is 1.